The van der Waals surface area contributed by atoms with Gasteiger partial charge >= 0.3 is 12.2 Å². The van der Waals surface area contributed by atoms with Crippen molar-refractivity contribution in [1.82, 2.24) is 5.32 Å². The zero-order valence-corrected chi connectivity index (χ0v) is 13.9. The Hall–Kier alpha value is -3.56. The van der Waals surface area contributed by atoms with E-state index in [4.69, 9.17) is 0 Å². The maximum Gasteiger partial charge on any atom is 0.416 e. The number of anilines is 1. The molecule has 1 heterocycles. The summed E-state index contributed by atoms with van der Waals surface area (Å²) in [6.07, 6.45) is -3.73. The second kappa shape index (κ2) is 7.22. The molecule has 0 aliphatic carbocycles. The number of hydrogen-bond acceptors (Lipinski definition) is 4. The average Bonchev–Trinajstić information content (AvgIpc) is 2.62. The molecule has 0 spiro atoms. The van der Waals surface area contributed by atoms with E-state index in [1.807, 2.05) is 5.32 Å². The molecule has 1 aliphatic heterocycles. The van der Waals surface area contributed by atoms with Crippen LogP contribution in [0.3, 0.4) is 0 Å². The summed E-state index contributed by atoms with van der Waals surface area (Å²) in [5.74, 6) is -4.08. The summed E-state index contributed by atoms with van der Waals surface area (Å²) < 4.78 is 51.6. The van der Waals surface area contributed by atoms with Crippen LogP contribution in [0.1, 0.15) is 5.56 Å². The lowest BCUT2D eigenvalue weighted by molar-refractivity contribution is -0.138. The van der Waals surface area contributed by atoms with E-state index < -0.39 is 41.3 Å². The number of alkyl halides is 3. The Morgan fingerprint density at radius 1 is 1.04 bits per heavy atom. The predicted octanol–water partition coefficient (Wildman–Crippen LogP) is 3.45. The average molecular weight is 393 g/mol. The number of nitrogens with one attached hydrogen (secondary N) is 1. The van der Waals surface area contributed by atoms with Crippen LogP contribution in [0.25, 0.3) is 0 Å². The minimum Gasteiger partial charge on any atom is -0.276 e. The van der Waals surface area contributed by atoms with Crippen molar-refractivity contribution < 1.29 is 31.9 Å². The van der Waals surface area contributed by atoms with Gasteiger partial charge in [0.25, 0.3) is 5.91 Å². The van der Waals surface area contributed by atoms with Gasteiger partial charge in [-0.2, -0.15) is 13.2 Å². The van der Waals surface area contributed by atoms with Crippen molar-refractivity contribution in [1.29, 1.82) is 0 Å². The maximum atomic E-state index is 12.9. The lowest BCUT2D eigenvalue weighted by Gasteiger charge is -2.28. The largest absolute Gasteiger partial charge is 0.416 e. The molecule has 1 aliphatic rings. The molecule has 1 N–H and O–H groups in total. The molecule has 3 rings (SSSR count). The van der Waals surface area contributed by atoms with Crippen molar-refractivity contribution >= 4 is 35.4 Å². The van der Waals surface area contributed by atoms with E-state index in [0.29, 0.717) is 11.0 Å². The smallest absolute Gasteiger partial charge is 0.276 e. The van der Waals surface area contributed by atoms with Crippen LogP contribution < -0.4 is 10.2 Å². The summed E-state index contributed by atoms with van der Waals surface area (Å²) in [4.78, 5) is 41.0. The van der Waals surface area contributed by atoms with E-state index >= 15 is 0 Å². The van der Waals surface area contributed by atoms with Gasteiger partial charge in [0.2, 0.25) is 5.91 Å². The topological polar surface area (TPSA) is 78.8 Å². The molecule has 2 aromatic rings. The van der Waals surface area contributed by atoms with E-state index in [0.717, 1.165) is 36.5 Å². The van der Waals surface area contributed by atoms with Crippen LogP contribution in [-0.4, -0.2) is 24.1 Å². The van der Waals surface area contributed by atoms with Crippen LogP contribution in [0.5, 0.6) is 0 Å². The third-order valence-electron chi connectivity index (χ3n) is 3.83. The maximum absolute atomic E-state index is 12.9. The lowest BCUT2D eigenvalue weighted by atomic mass is 10.1. The number of benzene rings is 2. The highest BCUT2D eigenvalue weighted by atomic mass is 19.4. The van der Waals surface area contributed by atoms with Gasteiger partial charge in [-0.1, -0.05) is 6.07 Å². The molecular weight excluding hydrogens is 382 g/mol. The molecule has 2 aromatic carbocycles. The van der Waals surface area contributed by atoms with Crippen LogP contribution in [0.2, 0.25) is 0 Å². The molecule has 0 unspecified atom stereocenters. The fourth-order valence-electron chi connectivity index (χ4n) is 2.48. The molecule has 1 saturated heterocycles. The van der Waals surface area contributed by atoms with Gasteiger partial charge in [0.05, 0.1) is 16.9 Å². The van der Waals surface area contributed by atoms with Gasteiger partial charge in [-0.15, -0.1) is 0 Å². The Kier molecular flexibility index (Phi) is 4.95. The number of aliphatic imine (C=N–C) groups is 1. The van der Waals surface area contributed by atoms with Crippen molar-refractivity contribution in [3.8, 4) is 0 Å². The molecule has 1 atom stereocenters. The lowest BCUT2D eigenvalue weighted by Crippen LogP contribution is -2.58. The van der Waals surface area contributed by atoms with Gasteiger partial charge < -0.3 is 0 Å². The molecule has 10 heteroatoms. The molecule has 0 aromatic heterocycles. The second-order valence-electron chi connectivity index (χ2n) is 5.75. The summed E-state index contributed by atoms with van der Waals surface area (Å²) >= 11 is 0. The second-order valence-corrected chi connectivity index (χ2v) is 5.75. The highest BCUT2D eigenvalue weighted by molar-refractivity contribution is 6.32. The Morgan fingerprint density at radius 3 is 2.36 bits per heavy atom. The number of amides is 4. The first-order chi connectivity index (χ1) is 13.2. The van der Waals surface area contributed by atoms with Gasteiger partial charge in [-0.05, 0) is 42.5 Å². The number of carbonyl (C=O) groups is 3. The first kappa shape index (κ1) is 19.2. The van der Waals surface area contributed by atoms with Crippen molar-refractivity contribution in [3.63, 3.8) is 0 Å². The van der Waals surface area contributed by atoms with Crippen LogP contribution in [0.4, 0.5) is 33.7 Å². The quantitative estimate of drug-likeness (QED) is 0.493. The van der Waals surface area contributed by atoms with E-state index in [9.17, 15) is 31.9 Å². The van der Waals surface area contributed by atoms with Crippen molar-refractivity contribution in [2.45, 2.75) is 6.18 Å². The number of urea groups is 1. The zero-order valence-electron chi connectivity index (χ0n) is 13.9. The molecule has 28 heavy (non-hydrogen) atoms. The third-order valence-corrected chi connectivity index (χ3v) is 3.83. The first-order valence-corrected chi connectivity index (χ1v) is 7.82. The summed E-state index contributed by atoms with van der Waals surface area (Å²) in [5.41, 5.74) is -1.16. The van der Waals surface area contributed by atoms with Gasteiger partial charge in [-0.25, -0.2) is 14.1 Å². The molecule has 4 amide bonds. The minimum absolute atomic E-state index is 0.240. The van der Waals surface area contributed by atoms with E-state index in [1.54, 1.807) is 0 Å². The molecular formula is C18H11F4N3O3. The number of hydrogen-bond donors (Lipinski definition) is 1. The van der Waals surface area contributed by atoms with E-state index in [1.165, 1.54) is 12.1 Å². The zero-order chi connectivity index (χ0) is 20.5. The monoisotopic (exact) mass is 393 g/mol. The summed E-state index contributed by atoms with van der Waals surface area (Å²) in [6.45, 7) is 0. The molecule has 0 bridgehead atoms. The van der Waals surface area contributed by atoms with E-state index in [2.05, 4.69) is 4.99 Å². The number of halogens is 4. The number of imide groups is 2. The van der Waals surface area contributed by atoms with Crippen molar-refractivity contribution in [2.75, 3.05) is 4.90 Å². The molecule has 1 fully saturated rings. The van der Waals surface area contributed by atoms with Crippen LogP contribution in [-0.2, 0) is 15.8 Å². The fraction of sp³-hybridized carbons (Fsp3) is 0.111. The number of carbonyl (C=O) groups excluding carboxylic acids is 3. The molecule has 0 saturated carbocycles. The molecule has 0 radical (unpaired) electrons. The van der Waals surface area contributed by atoms with Gasteiger partial charge in [0, 0.05) is 6.21 Å². The van der Waals surface area contributed by atoms with Gasteiger partial charge in [0.1, 0.15) is 5.82 Å². The summed E-state index contributed by atoms with van der Waals surface area (Å²) in [7, 11) is 0. The standard InChI is InChI=1S/C18H11F4N3O3/c19-11-4-6-12(7-5-11)23-9-14-15(26)24-17(28)25(16(14)27)13-3-1-2-10(8-13)18(20,21)22/h1-9,14H,(H,24,26,28)/t14-/m0/s1. The Morgan fingerprint density at radius 2 is 1.71 bits per heavy atom. The predicted molar refractivity (Wildman–Crippen MR) is 90.5 cm³/mol. The van der Waals surface area contributed by atoms with Gasteiger partial charge in [-0.3, -0.25) is 19.9 Å². The first-order valence-electron chi connectivity index (χ1n) is 7.82. The van der Waals surface area contributed by atoms with Gasteiger partial charge in [0.15, 0.2) is 5.92 Å². The van der Waals surface area contributed by atoms with Crippen LogP contribution in [0.15, 0.2) is 53.5 Å². The Labute approximate surface area is 155 Å². The minimum atomic E-state index is -4.68. The number of rotatable bonds is 3. The fourth-order valence-corrected chi connectivity index (χ4v) is 2.48. The SMILES string of the molecule is O=C1NC(=O)N(c2cccc(C(F)(F)F)c2)C(=O)[C@H]1C=Nc1ccc(F)cc1. The van der Waals surface area contributed by atoms with Crippen molar-refractivity contribution in [3.05, 3.63) is 59.9 Å². The molecule has 6 nitrogen and oxygen atoms in total. The van der Waals surface area contributed by atoms with Crippen molar-refractivity contribution in [2.24, 2.45) is 10.9 Å². The highest BCUT2D eigenvalue weighted by Crippen LogP contribution is 2.32. The summed E-state index contributed by atoms with van der Waals surface area (Å²) in [6, 6.07) is 7.26. The van der Waals surface area contributed by atoms with E-state index in [-0.39, 0.29) is 11.4 Å². The Bertz CT molecular complexity index is 971. The van der Waals surface area contributed by atoms with Crippen LogP contribution >= 0.6 is 0 Å². The number of nitrogens with zero attached hydrogens (tertiary/aromatic N) is 2. The number of barbiturate groups is 1. The summed E-state index contributed by atoms with van der Waals surface area (Å²) in [5, 5.41) is 1.91. The highest BCUT2D eigenvalue weighted by Gasteiger charge is 2.41. The Balaban J connectivity index is 1.91. The molecule has 144 valence electrons. The van der Waals surface area contributed by atoms with Crippen LogP contribution in [0, 0.1) is 11.7 Å². The third kappa shape index (κ3) is 3.90. The normalized spacial score (nSPS) is 17.9.